The van der Waals surface area contributed by atoms with Crippen LogP contribution in [0.3, 0.4) is 0 Å². The Morgan fingerprint density at radius 2 is 1.37 bits per heavy atom. The zero-order valence-electron chi connectivity index (χ0n) is 27.1. The second-order valence-corrected chi connectivity index (χ2v) is 10.2. The second kappa shape index (κ2) is 27.0. The monoisotopic (exact) mass is 547 g/mol. The van der Waals surface area contributed by atoms with Gasteiger partial charge in [-0.25, -0.2) is 0 Å². The van der Waals surface area contributed by atoms with Crippen LogP contribution < -0.4 is 5.73 Å². The topological polar surface area (TPSA) is 118 Å². The molecule has 1 aromatic rings. The Labute approximate surface area is 235 Å². The molecule has 0 amide bonds. The van der Waals surface area contributed by atoms with Crippen LogP contribution in [0.25, 0.3) is 0 Å². The average Bonchev–Trinajstić information content (AvgIpc) is 2.81. The molecule has 0 spiro atoms. The molecule has 0 aliphatic rings. The number of aryl methyl sites for hydroxylation is 2. The van der Waals surface area contributed by atoms with Gasteiger partial charge in [0.2, 0.25) is 0 Å². The van der Waals surface area contributed by atoms with Gasteiger partial charge < -0.3 is 26.5 Å². The SMILES string of the molecule is C=CC(O)(CC(N)c1cc(C)cc(C)c1)C(=C)C.CC.CCC.CCC(C)CC(C)C(C)(C)O.CO.F.O. The van der Waals surface area contributed by atoms with Crippen molar-refractivity contribution >= 4 is 0 Å². The fraction of sp³-hybridized carbons (Fsp3) is 0.688. The minimum absolute atomic E-state index is 0. The van der Waals surface area contributed by atoms with E-state index in [4.69, 9.17) is 10.8 Å². The third kappa shape index (κ3) is 23.5. The van der Waals surface area contributed by atoms with Crippen LogP contribution in [0.5, 0.6) is 0 Å². The largest absolute Gasteiger partial charge is 0.412 e. The van der Waals surface area contributed by atoms with E-state index >= 15 is 0 Å². The smallest absolute Gasteiger partial charge is 0.105 e. The Kier molecular flexibility index (Phi) is 35.1. The number of halogens is 1. The van der Waals surface area contributed by atoms with Crippen molar-refractivity contribution in [1.82, 2.24) is 0 Å². The first kappa shape index (κ1) is 49.4. The van der Waals surface area contributed by atoms with Crippen LogP contribution in [0.2, 0.25) is 0 Å². The zero-order chi connectivity index (χ0) is 29.7. The van der Waals surface area contributed by atoms with Crippen LogP contribution >= 0.6 is 0 Å². The number of hydrogen-bond acceptors (Lipinski definition) is 4. The molecule has 0 aliphatic carbocycles. The van der Waals surface area contributed by atoms with Crippen LogP contribution in [-0.4, -0.2) is 39.1 Å². The van der Waals surface area contributed by atoms with E-state index in [1.807, 2.05) is 41.5 Å². The van der Waals surface area contributed by atoms with Crippen molar-refractivity contribution in [3.63, 3.8) is 0 Å². The predicted molar refractivity (Wildman–Crippen MR) is 169 cm³/mol. The van der Waals surface area contributed by atoms with Crippen LogP contribution in [0.15, 0.2) is 43.0 Å². The second-order valence-electron chi connectivity index (χ2n) is 10.2. The molecule has 4 unspecified atom stereocenters. The average molecular weight is 548 g/mol. The summed E-state index contributed by atoms with van der Waals surface area (Å²) < 4.78 is 0. The van der Waals surface area contributed by atoms with E-state index < -0.39 is 11.2 Å². The molecule has 6 heteroatoms. The minimum Gasteiger partial charge on any atom is -0.412 e. The molecule has 0 aromatic heterocycles. The Balaban J connectivity index is -0.000000111. The molecule has 0 heterocycles. The molecule has 0 aliphatic heterocycles. The molecule has 7 N–H and O–H groups in total. The van der Waals surface area contributed by atoms with E-state index in [1.165, 1.54) is 30.0 Å². The molecular formula is C32H66FNO4. The molecule has 1 rings (SSSR count). The molecule has 0 bridgehead atoms. The van der Waals surface area contributed by atoms with Crippen molar-refractivity contribution in [2.45, 2.75) is 126 Å². The van der Waals surface area contributed by atoms with Gasteiger partial charge in [-0.15, -0.1) is 0 Å². The number of rotatable bonds is 9. The first-order valence-electron chi connectivity index (χ1n) is 13.6. The van der Waals surface area contributed by atoms with E-state index in [-0.39, 0.29) is 16.2 Å². The quantitative estimate of drug-likeness (QED) is 0.241. The summed E-state index contributed by atoms with van der Waals surface area (Å²) in [5.74, 6) is 1.13. The van der Waals surface area contributed by atoms with Crippen LogP contribution in [0.1, 0.15) is 118 Å². The van der Waals surface area contributed by atoms with Gasteiger partial charge in [0.25, 0.3) is 0 Å². The summed E-state index contributed by atoms with van der Waals surface area (Å²) in [7, 11) is 1.00. The predicted octanol–water partition coefficient (Wildman–Crippen LogP) is 7.39. The lowest BCUT2D eigenvalue weighted by atomic mass is 9.84. The Hall–Kier alpha value is -1.57. The molecule has 0 radical (unpaired) electrons. The normalized spacial score (nSPS) is 13.5. The first-order valence-corrected chi connectivity index (χ1v) is 13.6. The van der Waals surface area contributed by atoms with Gasteiger partial charge in [-0.2, -0.15) is 0 Å². The highest BCUT2D eigenvalue weighted by Gasteiger charge is 2.27. The zero-order valence-corrected chi connectivity index (χ0v) is 27.1. The highest BCUT2D eigenvalue weighted by molar-refractivity contribution is 5.32. The minimum atomic E-state index is -1.10. The number of nitrogens with two attached hydrogens (primary N) is 1. The molecule has 4 atom stereocenters. The van der Waals surface area contributed by atoms with Crippen molar-refractivity contribution in [2.24, 2.45) is 17.6 Å². The molecule has 0 fully saturated rings. The molecule has 0 saturated carbocycles. The summed E-state index contributed by atoms with van der Waals surface area (Å²) in [6.07, 6.45) is 5.49. The van der Waals surface area contributed by atoms with Gasteiger partial charge in [0.1, 0.15) is 5.60 Å². The maximum Gasteiger partial charge on any atom is 0.105 e. The molecule has 0 saturated heterocycles. The van der Waals surface area contributed by atoms with Gasteiger partial charge in [0.15, 0.2) is 0 Å². The molecule has 1 aromatic carbocycles. The third-order valence-electron chi connectivity index (χ3n) is 5.94. The Bertz CT molecular complexity index is 668. The number of benzene rings is 1. The maximum atomic E-state index is 10.4. The molecule has 5 nitrogen and oxygen atoms in total. The summed E-state index contributed by atoms with van der Waals surface area (Å²) >= 11 is 0. The maximum absolute atomic E-state index is 10.4. The molecular weight excluding hydrogens is 481 g/mol. The lowest BCUT2D eigenvalue weighted by Crippen LogP contribution is -2.32. The Morgan fingerprint density at radius 3 is 1.63 bits per heavy atom. The highest BCUT2D eigenvalue weighted by atomic mass is 19.0. The van der Waals surface area contributed by atoms with Gasteiger partial charge in [0.05, 0.1) is 5.60 Å². The van der Waals surface area contributed by atoms with E-state index in [9.17, 15) is 10.2 Å². The van der Waals surface area contributed by atoms with Crippen molar-refractivity contribution in [3.8, 4) is 0 Å². The fourth-order valence-corrected chi connectivity index (χ4v) is 3.17. The van der Waals surface area contributed by atoms with Gasteiger partial charge in [0, 0.05) is 19.6 Å². The Morgan fingerprint density at radius 1 is 1.00 bits per heavy atom. The van der Waals surface area contributed by atoms with E-state index in [2.05, 4.69) is 66.0 Å². The van der Waals surface area contributed by atoms with E-state index in [1.54, 1.807) is 6.92 Å². The lowest BCUT2D eigenvalue weighted by Gasteiger charge is -2.28. The summed E-state index contributed by atoms with van der Waals surface area (Å²) in [5.41, 5.74) is 8.63. The van der Waals surface area contributed by atoms with Gasteiger partial charge >= 0.3 is 0 Å². The summed E-state index contributed by atoms with van der Waals surface area (Å²) in [6, 6.07) is 5.98. The standard InChI is InChI=1S/C16H23NO.C10H22O.C3H8.C2H6.CH4O.FH.H2O/c1-6-16(18,11(2)3)10-15(17)14-8-12(4)7-13(5)9-14;1-6-8(2)7-9(3)10(4,5)11;1-3-2;2*1-2;;/h6-9,15,18H,1-2,10,17H2,3-5H3;8-9,11H,6-7H2,1-5H3;3H2,1-2H3;1-2H3;2H,1H3;1H;1H2. The van der Waals surface area contributed by atoms with Crippen LogP contribution in [-0.2, 0) is 0 Å². The van der Waals surface area contributed by atoms with Crippen LogP contribution in [0.4, 0.5) is 4.70 Å². The number of aliphatic hydroxyl groups excluding tert-OH is 1. The molecule has 230 valence electrons. The van der Waals surface area contributed by atoms with E-state index in [0.29, 0.717) is 17.9 Å². The van der Waals surface area contributed by atoms with Crippen molar-refractivity contribution < 1.29 is 25.5 Å². The van der Waals surface area contributed by atoms with Gasteiger partial charge in [-0.1, -0.05) is 110 Å². The fourth-order valence-electron chi connectivity index (χ4n) is 3.17. The summed E-state index contributed by atoms with van der Waals surface area (Å²) in [4.78, 5) is 0. The number of hydrogen-bond donors (Lipinski definition) is 4. The summed E-state index contributed by atoms with van der Waals surface area (Å²) in [5, 5.41) is 27.0. The van der Waals surface area contributed by atoms with Gasteiger partial charge in [-0.05, 0) is 64.0 Å². The lowest BCUT2D eigenvalue weighted by molar-refractivity contribution is 0.0152. The van der Waals surface area contributed by atoms with Crippen molar-refractivity contribution in [1.29, 1.82) is 0 Å². The van der Waals surface area contributed by atoms with Crippen LogP contribution in [0, 0.1) is 25.7 Å². The number of aliphatic hydroxyl groups is 3. The van der Waals surface area contributed by atoms with Crippen molar-refractivity contribution in [2.75, 3.05) is 7.11 Å². The summed E-state index contributed by atoms with van der Waals surface area (Å²) in [6.45, 7) is 31.9. The first-order chi connectivity index (χ1) is 16.6. The third-order valence-corrected chi connectivity index (χ3v) is 5.94. The van der Waals surface area contributed by atoms with Gasteiger partial charge in [-0.3, -0.25) is 4.70 Å². The highest BCUT2D eigenvalue weighted by Crippen LogP contribution is 2.29. The van der Waals surface area contributed by atoms with E-state index in [0.717, 1.165) is 25.0 Å². The van der Waals surface area contributed by atoms with Crippen molar-refractivity contribution in [3.05, 3.63) is 59.7 Å². The molecule has 38 heavy (non-hydrogen) atoms.